The van der Waals surface area contributed by atoms with Crippen LogP contribution in [0.5, 0.6) is 0 Å². The van der Waals surface area contributed by atoms with E-state index in [1.54, 1.807) is 18.5 Å². The fraction of sp³-hybridized carbons (Fsp3) is 0.0714. The van der Waals surface area contributed by atoms with Crippen LogP contribution in [0.3, 0.4) is 0 Å². The van der Waals surface area contributed by atoms with Crippen LogP contribution in [0.25, 0.3) is 5.95 Å². The molecule has 0 fully saturated rings. The Morgan fingerprint density at radius 1 is 1.08 bits per heavy atom. The third-order valence-electron chi connectivity index (χ3n) is 2.92. The lowest BCUT2D eigenvalue weighted by atomic mass is 10.2. The lowest BCUT2D eigenvalue weighted by Crippen LogP contribution is -2.15. The number of halogens is 3. The van der Waals surface area contributed by atoms with Gasteiger partial charge in [0.15, 0.2) is 0 Å². The lowest BCUT2D eigenvalue weighted by molar-refractivity contribution is -0.141. The summed E-state index contributed by atoms with van der Waals surface area (Å²) in [6.07, 6.45) is 2.25. The molecule has 1 N–H and O–H groups in total. The average Bonchev–Trinajstić information content (AvgIpc) is 3.09. The molecule has 0 unspecified atom stereocenters. The minimum Gasteiger partial charge on any atom is -0.319 e. The number of hydrogen-bond donors (Lipinski definition) is 1. The van der Waals surface area contributed by atoms with Crippen molar-refractivity contribution in [2.45, 2.75) is 6.18 Å². The first-order valence-electron chi connectivity index (χ1n) is 6.60. The Bertz CT molecular complexity index is 828. The number of nitrogens with zero attached hydrogens (tertiary/aromatic N) is 5. The number of carbonyl (C=O) groups is 1. The van der Waals surface area contributed by atoms with Gasteiger partial charge in [-0.2, -0.15) is 18.3 Å². The first-order chi connectivity index (χ1) is 11.4. The first kappa shape index (κ1) is 15.6. The van der Waals surface area contributed by atoms with Gasteiger partial charge < -0.3 is 5.32 Å². The molecule has 24 heavy (non-hydrogen) atoms. The van der Waals surface area contributed by atoms with Crippen LogP contribution in [0.1, 0.15) is 16.1 Å². The van der Waals surface area contributed by atoms with Gasteiger partial charge in [-0.15, -0.1) is 0 Å². The van der Waals surface area contributed by atoms with Crippen molar-refractivity contribution in [3.63, 3.8) is 0 Å². The molecule has 122 valence electrons. The summed E-state index contributed by atoms with van der Waals surface area (Å²) in [6, 6.07) is 3.49. The number of hydrogen-bond acceptors (Lipinski definition) is 5. The van der Waals surface area contributed by atoms with Crippen molar-refractivity contribution in [2.75, 3.05) is 5.32 Å². The summed E-state index contributed by atoms with van der Waals surface area (Å²) in [5.41, 5.74) is -0.791. The van der Waals surface area contributed by atoms with Crippen LogP contribution in [0.15, 0.2) is 49.2 Å². The number of anilines is 1. The molecule has 0 bridgehead atoms. The van der Waals surface area contributed by atoms with E-state index in [0.29, 0.717) is 5.95 Å². The smallest absolute Gasteiger partial charge is 0.319 e. The number of rotatable bonds is 3. The van der Waals surface area contributed by atoms with E-state index >= 15 is 0 Å². The molecule has 1 amide bonds. The fourth-order valence-electron chi connectivity index (χ4n) is 1.79. The summed E-state index contributed by atoms with van der Waals surface area (Å²) >= 11 is 0. The first-order valence-corrected chi connectivity index (χ1v) is 6.60. The Morgan fingerprint density at radius 3 is 2.38 bits per heavy atom. The Hall–Kier alpha value is -3.30. The summed E-state index contributed by atoms with van der Waals surface area (Å²) in [7, 11) is 0. The molecule has 0 aromatic carbocycles. The SMILES string of the molecule is O=C(Nc1cnc(-n2cccn2)nc1)c1ccc(C(F)(F)F)nc1. The van der Waals surface area contributed by atoms with Crippen molar-refractivity contribution in [2.24, 2.45) is 0 Å². The molecule has 7 nitrogen and oxygen atoms in total. The van der Waals surface area contributed by atoms with Crippen LogP contribution < -0.4 is 5.32 Å². The van der Waals surface area contributed by atoms with Crippen LogP contribution in [0, 0.1) is 0 Å². The monoisotopic (exact) mass is 334 g/mol. The van der Waals surface area contributed by atoms with E-state index in [4.69, 9.17) is 0 Å². The molecule has 0 saturated carbocycles. The van der Waals surface area contributed by atoms with Crippen molar-refractivity contribution < 1.29 is 18.0 Å². The molecule has 0 radical (unpaired) electrons. The molecular weight excluding hydrogens is 325 g/mol. The van der Waals surface area contributed by atoms with Gasteiger partial charge in [-0.1, -0.05) is 0 Å². The molecule has 10 heteroatoms. The zero-order valence-electron chi connectivity index (χ0n) is 11.9. The van der Waals surface area contributed by atoms with Crippen LogP contribution in [-0.4, -0.2) is 30.6 Å². The van der Waals surface area contributed by atoms with Gasteiger partial charge in [0.1, 0.15) is 5.69 Å². The van der Waals surface area contributed by atoms with Gasteiger partial charge in [0.2, 0.25) is 0 Å². The Morgan fingerprint density at radius 2 is 1.83 bits per heavy atom. The van der Waals surface area contributed by atoms with Gasteiger partial charge >= 0.3 is 6.18 Å². The number of pyridine rings is 1. The highest BCUT2D eigenvalue weighted by Gasteiger charge is 2.32. The van der Waals surface area contributed by atoms with Gasteiger partial charge in [0.05, 0.1) is 23.6 Å². The van der Waals surface area contributed by atoms with Crippen LogP contribution in [0.4, 0.5) is 18.9 Å². The van der Waals surface area contributed by atoms with Crippen molar-refractivity contribution in [3.8, 4) is 5.95 Å². The molecule has 0 saturated heterocycles. The third-order valence-corrected chi connectivity index (χ3v) is 2.92. The summed E-state index contributed by atoms with van der Waals surface area (Å²) < 4.78 is 38.7. The molecule has 0 aliphatic carbocycles. The van der Waals surface area contributed by atoms with Crippen molar-refractivity contribution in [1.82, 2.24) is 24.7 Å². The molecule has 0 atom stereocenters. The number of carbonyl (C=O) groups excluding carboxylic acids is 1. The molecule has 0 aliphatic rings. The summed E-state index contributed by atoms with van der Waals surface area (Å²) in [5, 5.41) is 6.43. The van der Waals surface area contributed by atoms with Gasteiger partial charge in [-0.3, -0.25) is 9.78 Å². The second-order valence-electron chi connectivity index (χ2n) is 4.61. The summed E-state index contributed by atoms with van der Waals surface area (Å²) in [5.74, 6) is -0.305. The summed E-state index contributed by atoms with van der Waals surface area (Å²) in [6.45, 7) is 0. The predicted molar refractivity (Wildman–Crippen MR) is 76.3 cm³/mol. The predicted octanol–water partition coefficient (Wildman–Crippen LogP) is 2.33. The standard InChI is InChI=1S/C14H9F3N6O/c15-14(16,17)11-3-2-9(6-18-11)12(24)22-10-7-19-13(20-8-10)23-5-1-4-21-23/h1-8H,(H,22,24). The van der Waals surface area contributed by atoms with E-state index in [1.165, 1.54) is 17.1 Å². The van der Waals surface area contributed by atoms with Gasteiger partial charge in [0.25, 0.3) is 11.9 Å². The zero-order chi connectivity index (χ0) is 17.2. The number of alkyl halides is 3. The van der Waals surface area contributed by atoms with Crippen molar-refractivity contribution >= 4 is 11.6 Å². The zero-order valence-corrected chi connectivity index (χ0v) is 11.9. The van der Waals surface area contributed by atoms with Crippen molar-refractivity contribution in [3.05, 3.63) is 60.4 Å². The highest BCUT2D eigenvalue weighted by molar-refractivity contribution is 6.03. The fourth-order valence-corrected chi connectivity index (χ4v) is 1.79. The van der Waals surface area contributed by atoms with E-state index in [2.05, 4.69) is 25.4 Å². The average molecular weight is 334 g/mol. The topological polar surface area (TPSA) is 85.6 Å². The maximum atomic E-state index is 12.4. The second-order valence-corrected chi connectivity index (χ2v) is 4.61. The summed E-state index contributed by atoms with van der Waals surface area (Å²) in [4.78, 5) is 23.3. The van der Waals surface area contributed by atoms with Gasteiger partial charge in [0, 0.05) is 18.6 Å². The van der Waals surface area contributed by atoms with E-state index in [-0.39, 0.29) is 11.3 Å². The van der Waals surface area contributed by atoms with E-state index in [1.807, 2.05) is 0 Å². The van der Waals surface area contributed by atoms with Crippen LogP contribution >= 0.6 is 0 Å². The number of aromatic nitrogens is 5. The van der Waals surface area contributed by atoms with Crippen molar-refractivity contribution in [1.29, 1.82) is 0 Å². The maximum absolute atomic E-state index is 12.4. The number of amides is 1. The highest BCUT2D eigenvalue weighted by Crippen LogP contribution is 2.27. The van der Waals surface area contributed by atoms with E-state index in [9.17, 15) is 18.0 Å². The van der Waals surface area contributed by atoms with Gasteiger partial charge in [-0.25, -0.2) is 14.6 Å². The van der Waals surface area contributed by atoms with Crippen LogP contribution in [0.2, 0.25) is 0 Å². The Labute approximate surface area is 133 Å². The molecule has 0 spiro atoms. The molecule has 3 rings (SSSR count). The minimum atomic E-state index is -4.55. The minimum absolute atomic E-state index is 0.0147. The largest absolute Gasteiger partial charge is 0.433 e. The van der Waals surface area contributed by atoms with Crippen LogP contribution in [-0.2, 0) is 6.18 Å². The normalized spacial score (nSPS) is 11.3. The van der Waals surface area contributed by atoms with E-state index in [0.717, 1.165) is 18.3 Å². The molecule has 0 aliphatic heterocycles. The Kier molecular flexibility index (Phi) is 3.94. The highest BCUT2D eigenvalue weighted by atomic mass is 19.4. The lowest BCUT2D eigenvalue weighted by Gasteiger charge is -2.07. The molecule has 3 aromatic rings. The van der Waals surface area contributed by atoms with Gasteiger partial charge in [-0.05, 0) is 18.2 Å². The third kappa shape index (κ3) is 3.37. The maximum Gasteiger partial charge on any atom is 0.433 e. The molecular formula is C14H9F3N6O. The molecule has 3 heterocycles. The Balaban J connectivity index is 1.70. The number of nitrogens with one attached hydrogen (secondary N) is 1. The quantitative estimate of drug-likeness (QED) is 0.794. The molecule has 3 aromatic heterocycles. The van der Waals surface area contributed by atoms with E-state index < -0.39 is 17.8 Å². The second kappa shape index (κ2) is 6.07.